The number of hydrogen-bond donors (Lipinski definition) is 2. The number of benzene rings is 1. The third kappa shape index (κ3) is 3.55. The fraction of sp³-hybridized carbons (Fsp3) is 0.429. The van der Waals surface area contributed by atoms with Gasteiger partial charge in [-0.25, -0.2) is 0 Å². The van der Waals surface area contributed by atoms with Gasteiger partial charge in [-0.2, -0.15) is 4.98 Å². The van der Waals surface area contributed by atoms with Crippen molar-refractivity contribution in [1.82, 2.24) is 20.4 Å². The van der Waals surface area contributed by atoms with Gasteiger partial charge in [0.15, 0.2) is 5.82 Å². The number of nitrogens with zero attached hydrogens (tertiary/aromatic N) is 3. The van der Waals surface area contributed by atoms with Gasteiger partial charge in [-0.15, -0.1) is 11.8 Å². The molecule has 1 saturated heterocycles. The molecule has 3 rings (SSSR count). The molecule has 7 heteroatoms. The van der Waals surface area contributed by atoms with E-state index in [9.17, 15) is 5.11 Å². The summed E-state index contributed by atoms with van der Waals surface area (Å²) in [6, 6.07) is 7.26. The second kappa shape index (κ2) is 6.46. The number of phenolic OH excluding ortho intramolecular Hbond substituents is 1. The third-order valence-corrected chi connectivity index (χ3v) is 4.49. The van der Waals surface area contributed by atoms with Crippen LogP contribution in [-0.2, 0) is 5.75 Å². The minimum absolute atomic E-state index is 0.176. The summed E-state index contributed by atoms with van der Waals surface area (Å²) in [5, 5.41) is 16.7. The van der Waals surface area contributed by atoms with Gasteiger partial charge in [0.25, 0.3) is 0 Å². The highest BCUT2D eigenvalue weighted by Crippen LogP contribution is 2.25. The summed E-state index contributed by atoms with van der Waals surface area (Å²) in [4.78, 5) is 7.78. The van der Waals surface area contributed by atoms with Crippen LogP contribution < -0.4 is 5.32 Å². The zero-order chi connectivity index (χ0) is 14.7. The SMILES string of the molecule is CN1CCNCC1c1noc(CSc2ccc(O)cc2)n1. The number of thioether (sulfide) groups is 1. The van der Waals surface area contributed by atoms with E-state index in [0.717, 1.165) is 30.4 Å². The summed E-state index contributed by atoms with van der Waals surface area (Å²) in [6.07, 6.45) is 0. The quantitative estimate of drug-likeness (QED) is 0.832. The Labute approximate surface area is 127 Å². The van der Waals surface area contributed by atoms with Crippen molar-refractivity contribution in [2.75, 3.05) is 26.7 Å². The van der Waals surface area contributed by atoms with Gasteiger partial charge in [-0.1, -0.05) is 5.16 Å². The molecule has 21 heavy (non-hydrogen) atoms. The molecular formula is C14H18N4O2S. The fourth-order valence-electron chi connectivity index (χ4n) is 2.24. The van der Waals surface area contributed by atoms with E-state index in [0.29, 0.717) is 11.6 Å². The van der Waals surface area contributed by atoms with Gasteiger partial charge in [-0.3, -0.25) is 4.90 Å². The summed E-state index contributed by atoms with van der Waals surface area (Å²) < 4.78 is 5.33. The molecule has 1 aliphatic heterocycles. The van der Waals surface area contributed by atoms with Crippen molar-refractivity contribution in [3.8, 4) is 5.75 Å². The van der Waals surface area contributed by atoms with Gasteiger partial charge in [0.05, 0.1) is 11.8 Å². The van der Waals surface area contributed by atoms with Crippen LogP contribution in [-0.4, -0.2) is 46.8 Å². The Hall–Kier alpha value is -1.57. The van der Waals surface area contributed by atoms with Gasteiger partial charge < -0.3 is 14.9 Å². The molecule has 1 aliphatic rings. The maximum atomic E-state index is 9.25. The van der Waals surface area contributed by atoms with Gasteiger partial charge in [0.1, 0.15) is 5.75 Å². The summed E-state index contributed by atoms with van der Waals surface area (Å²) in [7, 11) is 2.08. The lowest BCUT2D eigenvalue weighted by atomic mass is 10.2. The normalized spacial score (nSPS) is 19.8. The molecule has 2 N–H and O–H groups in total. The molecule has 0 radical (unpaired) electrons. The van der Waals surface area contributed by atoms with Crippen LogP contribution >= 0.6 is 11.8 Å². The summed E-state index contributed by atoms with van der Waals surface area (Å²) in [6.45, 7) is 2.83. The highest BCUT2D eigenvalue weighted by molar-refractivity contribution is 7.98. The van der Waals surface area contributed by atoms with Gasteiger partial charge in [0, 0.05) is 24.5 Å². The van der Waals surface area contributed by atoms with E-state index in [2.05, 4.69) is 27.4 Å². The lowest BCUT2D eigenvalue weighted by Gasteiger charge is -2.30. The first-order chi connectivity index (χ1) is 10.2. The predicted octanol–water partition coefficient (Wildman–Crippen LogP) is 1.64. The lowest BCUT2D eigenvalue weighted by molar-refractivity contribution is 0.190. The van der Waals surface area contributed by atoms with Crippen molar-refractivity contribution < 1.29 is 9.63 Å². The monoisotopic (exact) mass is 306 g/mol. The van der Waals surface area contributed by atoms with Crippen molar-refractivity contribution in [2.45, 2.75) is 16.7 Å². The standard InChI is InChI=1S/C14H18N4O2S/c1-18-7-6-15-8-12(18)14-16-13(20-17-14)9-21-11-4-2-10(19)3-5-11/h2-5,12,15,19H,6-9H2,1H3. The third-order valence-electron chi connectivity index (χ3n) is 3.49. The molecule has 1 atom stereocenters. The average Bonchev–Trinajstić information content (AvgIpc) is 2.96. The molecule has 0 saturated carbocycles. The first-order valence-corrected chi connectivity index (χ1v) is 7.86. The molecule has 0 bridgehead atoms. The Morgan fingerprint density at radius 1 is 1.43 bits per heavy atom. The summed E-state index contributed by atoms with van der Waals surface area (Å²) >= 11 is 1.61. The molecule has 1 fully saturated rings. The van der Waals surface area contributed by atoms with Crippen LogP contribution in [0.25, 0.3) is 0 Å². The minimum atomic E-state index is 0.176. The van der Waals surface area contributed by atoms with E-state index in [1.54, 1.807) is 23.9 Å². The zero-order valence-electron chi connectivity index (χ0n) is 11.8. The lowest BCUT2D eigenvalue weighted by Crippen LogP contribution is -2.44. The van der Waals surface area contributed by atoms with Crippen LogP contribution in [0.1, 0.15) is 17.8 Å². The van der Waals surface area contributed by atoms with Crippen molar-refractivity contribution >= 4 is 11.8 Å². The molecule has 6 nitrogen and oxygen atoms in total. The van der Waals surface area contributed by atoms with Crippen LogP contribution in [0.3, 0.4) is 0 Å². The van der Waals surface area contributed by atoms with Crippen LogP contribution in [0.5, 0.6) is 5.75 Å². The minimum Gasteiger partial charge on any atom is -0.508 e. The van der Waals surface area contributed by atoms with E-state index in [1.807, 2.05) is 12.1 Å². The van der Waals surface area contributed by atoms with Crippen molar-refractivity contribution in [3.63, 3.8) is 0 Å². The van der Waals surface area contributed by atoms with Crippen LogP contribution in [0.15, 0.2) is 33.7 Å². The second-order valence-corrected chi connectivity index (χ2v) is 6.08. The predicted molar refractivity (Wildman–Crippen MR) is 80.2 cm³/mol. The number of rotatable bonds is 4. The molecule has 0 spiro atoms. The van der Waals surface area contributed by atoms with E-state index in [-0.39, 0.29) is 11.8 Å². The van der Waals surface area contributed by atoms with Gasteiger partial charge in [0.2, 0.25) is 5.89 Å². The molecule has 0 amide bonds. The maximum Gasteiger partial charge on any atom is 0.237 e. The highest BCUT2D eigenvalue weighted by Gasteiger charge is 2.25. The Morgan fingerprint density at radius 3 is 3.00 bits per heavy atom. The van der Waals surface area contributed by atoms with E-state index in [4.69, 9.17) is 4.52 Å². The van der Waals surface area contributed by atoms with Crippen LogP contribution in [0.4, 0.5) is 0 Å². The van der Waals surface area contributed by atoms with Crippen molar-refractivity contribution in [1.29, 1.82) is 0 Å². The van der Waals surface area contributed by atoms with Crippen molar-refractivity contribution in [3.05, 3.63) is 36.0 Å². The summed E-state index contributed by atoms with van der Waals surface area (Å²) in [5.74, 6) is 2.27. The highest BCUT2D eigenvalue weighted by atomic mass is 32.2. The van der Waals surface area contributed by atoms with Crippen molar-refractivity contribution in [2.24, 2.45) is 0 Å². The molecule has 112 valence electrons. The summed E-state index contributed by atoms with van der Waals surface area (Å²) in [5.41, 5.74) is 0. The van der Waals surface area contributed by atoms with E-state index >= 15 is 0 Å². The van der Waals surface area contributed by atoms with Crippen LogP contribution in [0, 0.1) is 0 Å². The Kier molecular flexibility index (Phi) is 4.42. The maximum absolute atomic E-state index is 9.25. The van der Waals surface area contributed by atoms with E-state index in [1.165, 1.54) is 0 Å². The molecule has 1 aromatic carbocycles. The average molecular weight is 306 g/mol. The smallest absolute Gasteiger partial charge is 0.237 e. The number of piperazine rings is 1. The number of likely N-dealkylation sites (N-methyl/N-ethyl adjacent to an activating group) is 1. The zero-order valence-corrected chi connectivity index (χ0v) is 12.6. The van der Waals surface area contributed by atoms with Crippen LogP contribution in [0.2, 0.25) is 0 Å². The fourth-order valence-corrected chi connectivity index (χ4v) is 2.98. The number of hydrogen-bond acceptors (Lipinski definition) is 7. The van der Waals surface area contributed by atoms with Gasteiger partial charge in [-0.05, 0) is 31.3 Å². The Balaban J connectivity index is 1.61. The first-order valence-electron chi connectivity index (χ1n) is 6.87. The number of aromatic nitrogens is 2. The number of phenols is 1. The molecule has 1 aromatic heterocycles. The largest absolute Gasteiger partial charge is 0.508 e. The molecular weight excluding hydrogens is 288 g/mol. The molecule has 2 heterocycles. The first kappa shape index (κ1) is 14.4. The number of aromatic hydroxyl groups is 1. The van der Waals surface area contributed by atoms with E-state index < -0.39 is 0 Å². The number of nitrogens with one attached hydrogen (secondary N) is 1. The molecule has 0 aliphatic carbocycles. The topological polar surface area (TPSA) is 74.4 Å². The Morgan fingerprint density at radius 2 is 2.24 bits per heavy atom. The molecule has 1 unspecified atom stereocenters. The second-order valence-electron chi connectivity index (χ2n) is 5.03. The molecule has 2 aromatic rings. The Bertz CT molecular complexity index is 587. The van der Waals surface area contributed by atoms with Gasteiger partial charge >= 0.3 is 0 Å².